The van der Waals surface area contributed by atoms with Gasteiger partial charge in [-0.2, -0.15) is 0 Å². The van der Waals surface area contributed by atoms with E-state index in [9.17, 15) is 9.59 Å². The lowest BCUT2D eigenvalue weighted by Gasteiger charge is -2.30. The molecule has 17 heavy (non-hydrogen) atoms. The molecule has 88 valence electrons. The molecule has 1 saturated heterocycles. The molecule has 1 heterocycles. The van der Waals surface area contributed by atoms with Crippen LogP contribution in [0.25, 0.3) is 0 Å². The summed E-state index contributed by atoms with van der Waals surface area (Å²) in [6.45, 7) is 0.425. The van der Waals surface area contributed by atoms with Crippen LogP contribution in [0.3, 0.4) is 0 Å². The van der Waals surface area contributed by atoms with Crippen LogP contribution in [-0.2, 0) is 16.1 Å². The maximum absolute atomic E-state index is 12.0. The van der Waals surface area contributed by atoms with Gasteiger partial charge in [0.1, 0.15) is 0 Å². The van der Waals surface area contributed by atoms with Gasteiger partial charge in [-0.1, -0.05) is 30.3 Å². The van der Waals surface area contributed by atoms with Crippen molar-refractivity contribution in [1.29, 1.82) is 0 Å². The summed E-state index contributed by atoms with van der Waals surface area (Å²) >= 11 is 0. The van der Waals surface area contributed by atoms with Crippen LogP contribution >= 0.6 is 0 Å². The van der Waals surface area contributed by atoms with Gasteiger partial charge in [0.05, 0.1) is 6.54 Å². The average Bonchev–Trinajstić information content (AvgIpc) is 3.04. The van der Waals surface area contributed by atoms with Gasteiger partial charge in [-0.05, 0) is 23.8 Å². The van der Waals surface area contributed by atoms with Gasteiger partial charge in [0.25, 0.3) is 0 Å². The number of hydrogen-bond donors (Lipinski definition) is 0. The van der Waals surface area contributed by atoms with E-state index in [0.29, 0.717) is 19.4 Å². The van der Waals surface area contributed by atoms with Crippen molar-refractivity contribution < 1.29 is 9.59 Å². The van der Waals surface area contributed by atoms with E-state index >= 15 is 0 Å². The van der Waals surface area contributed by atoms with Crippen LogP contribution in [0.2, 0.25) is 0 Å². The molecule has 1 aromatic rings. The summed E-state index contributed by atoms with van der Waals surface area (Å²) in [4.78, 5) is 25.4. The van der Waals surface area contributed by atoms with Gasteiger partial charge in [-0.15, -0.1) is 0 Å². The quantitative estimate of drug-likeness (QED) is 0.728. The normalized spacial score (nSPS) is 22.0. The van der Waals surface area contributed by atoms with Crippen molar-refractivity contribution in [3.05, 3.63) is 35.9 Å². The number of carbonyl (C=O) groups excluding carboxylic acids is 2. The number of benzene rings is 1. The minimum absolute atomic E-state index is 0.00241. The molecular weight excluding hydrogens is 214 g/mol. The zero-order chi connectivity index (χ0) is 11.9. The molecule has 3 rings (SSSR count). The second kappa shape index (κ2) is 3.69. The van der Waals surface area contributed by atoms with Crippen LogP contribution in [0.15, 0.2) is 30.3 Å². The first-order valence-electron chi connectivity index (χ1n) is 6.06. The highest BCUT2D eigenvalue weighted by Gasteiger charge is 2.51. The van der Waals surface area contributed by atoms with Crippen LogP contribution < -0.4 is 0 Å². The first-order chi connectivity index (χ1) is 8.19. The predicted octanol–water partition coefficient (Wildman–Crippen LogP) is 2.12. The van der Waals surface area contributed by atoms with E-state index in [1.807, 2.05) is 30.3 Å². The van der Waals surface area contributed by atoms with E-state index in [1.54, 1.807) is 0 Å². The van der Waals surface area contributed by atoms with Crippen LogP contribution in [0.5, 0.6) is 0 Å². The summed E-state index contributed by atoms with van der Waals surface area (Å²) in [6, 6.07) is 9.68. The summed E-state index contributed by atoms with van der Waals surface area (Å²) in [5, 5.41) is 0. The van der Waals surface area contributed by atoms with Crippen molar-refractivity contribution in [2.75, 3.05) is 0 Å². The Kier molecular flexibility index (Phi) is 2.28. The number of amides is 2. The Morgan fingerprint density at radius 1 is 1.00 bits per heavy atom. The molecule has 3 heteroatoms. The molecule has 0 aromatic heterocycles. The molecule has 1 saturated carbocycles. The van der Waals surface area contributed by atoms with Gasteiger partial charge in [0, 0.05) is 12.8 Å². The van der Waals surface area contributed by atoms with Crippen LogP contribution in [0, 0.1) is 5.41 Å². The third-order valence-electron chi connectivity index (χ3n) is 3.80. The third kappa shape index (κ3) is 1.97. The number of imide groups is 1. The lowest BCUT2D eigenvalue weighted by molar-refractivity contribution is -0.151. The van der Waals surface area contributed by atoms with E-state index in [2.05, 4.69) is 0 Å². The van der Waals surface area contributed by atoms with Crippen molar-refractivity contribution in [2.24, 2.45) is 5.41 Å². The van der Waals surface area contributed by atoms with Crippen molar-refractivity contribution in [2.45, 2.75) is 32.2 Å². The van der Waals surface area contributed by atoms with Gasteiger partial charge < -0.3 is 0 Å². The lowest BCUT2D eigenvalue weighted by atomic mass is 9.92. The first kappa shape index (κ1) is 10.5. The maximum atomic E-state index is 12.0. The third-order valence-corrected chi connectivity index (χ3v) is 3.80. The molecule has 2 aliphatic rings. The molecular formula is C14H15NO2. The van der Waals surface area contributed by atoms with Crippen LogP contribution in [0.1, 0.15) is 31.2 Å². The Balaban J connectivity index is 1.75. The molecule has 0 bridgehead atoms. The zero-order valence-electron chi connectivity index (χ0n) is 9.69. The molecule has 1 aliphatic heterocycles. The number of piperidine rings is 1. The summed E-state index contributed by atoms with van der Waals surface area (Å²) < 4.78 is 0. The van der Waals surface area contributed by atoms with Gasteiger partial charge in [0.15, 0.2) is 0 Å². The number of hydrogen-bond acceptors (Lipinski definition) is 2. The van der Waals surface area contributed by atoms with Crippen LogP contribution in [-0.4, -0.2) is 16.7 Å². The summed E-state index contributed by atoms with van der Waals surface area (Å²) in [5.74, 6) is 0.00482. The monoisotopic (exact) mass is 229 g/mol. The van der Waals surface area contributed by atoms with Gasteiger partial charge in [-0.25, -0.2) is 0 Å². The molecule has 2 fully saturated rings. The number of nitrogens with zero attached hydrogens (tertiary/aromatic N) is 1. The number of carbonyl (C=O) groups is 2. The minimum Gasteiger partial charge on any atom is -0.278 e. The predicted molar refractivity (Wildman–Crippen MR) is 62.9 cm³/mol. The average molecular weight is 229 g/mol. The number of rotatable bonds is 2. The van der Waals surface area contributed by atoms with Crippen LogP contribution in [0.4, 0.5) is 0 Å². The van der Waals surface area contributed by atoms with Crippen molar-refractivity contribution in [3.63, 3.8) is 0 Å². The fourth-order valence-corrected chi connectivity index (χ4v) is 2.51. The minimum atomic E-state index is 0.00241. The Morgan fingerprint density at radius 2 is 1.59 bits per heavy atom. The summed E-state index contributed by atoms with van der Waals surface area (Å²) in [6.07, 6.45) is 3.21. The van der Waals surface area contributed by atoms with E-state index in [4.69, 9.17) is 0 Å². The highest BCUT2D eigenvalue weighted by molar-refractivity contribution is 5.98. The second-order valence-electron chi connectivity index (χ2n) is 5.21. The lowest BCUT2D eigenvalue weighted by Crippen LogP contribution is -2.43. The summed E-state index contributed by atoms with van der Waals surface area (Å²) in [7, 11) is 0. The molecule has 2 amide bonds. The van der Waals surface area contributed by atoms with Crippen molar-refractivity contribution in [1.82, 2.24) is 4.90 Å². The molecule has 1 aromatic carbocycles. The SMILES string of the molecule is O=C1CC2(CC2)CC(=O)N1Cc1ccccc1. The standard InChI is InChI=1S/C14H15NO2/c16-12-8-14(6-7-14)9-13(17)15(12)10-11-4-2-1-3-5-11/h1-5H,6-10H2. The Labute approximate surface area is 100 Å². The van der Waals surface area contributed by atoms with Crippen molar-refractivity contribution >= 4 is 11.8 Å². The smallest absolute Gasteiger partial charge is 0.230 e. The highest BCUT2D eigenvalue weighted by Crippen LogP contribution is 2.54. The second-order valence-corrected chi connectivity index (χ2v) is 5.21. The largest absolute Gasteiger partial charge is 0.278 e. The zero-order valence-corrected chi connectivity index (χ0v) is 9.69. The van der Waals surface area contributed by atoms with E-state index in [1.165, 1.54) is 4.90 Å². The molecule has 1 spiro atoms. The topological polar surface area (TPSA) is 37.4 Å². The summed E-state index contributed by atoms with van der Waals surface area (Å²) in [5.41, 5.74) is 1.07. The van der Waals surface area contributed by atoms with Gasteiger partial charge in [0.2, 0.25) is 11.8 Å². The van der Waals surface area contributed by atoms with E-state index in [0.717, 1.165) is 18.4 Å². The van der Waals surface area contributed by atoms with Crippen molar-refractivity contribution in [3.8, 4) is 0 Å². The molecule has 3 nitrogen and oxygen atoms in total. The van der Waals surface area contributed by atoms with Gasteiger partial charge in [-0.3, -0.25) is 14.5 Å². The van der Waals surface area contributed by atoms with Gasteiger partial charge >= 0.3 is 0 Å². The Hall–Kier alpha value is -1.64. The van der Waals surface area contributed by atoms with E-state index < -0.39 is 0 Å². The first-order valence-corrected chi connectivity index (χ1v) is 6.06. The fraction of sp³-hybridized carbons (Fsp3) is 0.429. The van der Waals surface area contributed by atoms with E-state index in [-0.39, 0.29) is 17.2 Å². The highest BCUT2D eigenvalue weighted by atomic mass is 16.2. The Morgan fingerprint density at radius 3 is 2.12 bits per heavy atom. The maximum Gasteiger partial charge on any atom is 0.230 e. The molecule has 0 radical (unpaired) electrons. The molecule has 1 aliphatic carbocycles. The fourth-order valence-electron chi connectivity index (χ4n) is 2.51. The molecule has 0 unspecified atom stereocenters. The molecule has 0 N–H and O–H groups in total. The number of likely N-dealkylation sites (tertiary alicyclic amines) is 1. The Bertz CT molecular complexity index is 442. The molecule has 0 atom stereocenters.